The third kappa shape index (κ3) is 6.46. The monoisotopic (exact) mass is 502 g/mol. The van der Waals surface area contributed by atoms with Gasteiger partial charge in [-0.15, -0.1) is 0 Å². The highest BCUT2D eigenvalue weighted by Gasteiger charge is 2.36. The molecule has 0 amide bonds. The first-order chi connectivity index (χ1) is 22.8. The smallest absolute Gasteiger partial charge is 0.391 e. The van der Waals surface area contributed by atoms with Gasteiger partial charge in [0.1, 0.15) is 6.56 Å². The van der Waals surface area contributed by atoms with E-state index in [-0.39, 0.29) is 18.3 Å². The van der Waals surface area contributed by atoms with Crippen molar-refractivity contribution in [1.29, 1.82) is 0 Å². The average molecular weight is 503 g/mol. The highest BCUT2D eigenvalue weighted by molar-refractivity contribution is 5.98. The molecule has 2 aliphatic rings. The molecule has 0 bridgehead atoms. The molecule has 0 spiro atoms. The molecule has 0 radical (unpaired) electrons. The average Bonchev–Trinajstić information content (AvgIpc) is 3.00. The topological polar surface area (TPSA) is 24.8 Å². The predicted octanol–water partition coefficient (Wildman–Crippen LogP) is 7.71. The van der Waals surface area contributed by atoms with E-state index >= 15 is 0 Å². The number of benzene rings is 2. The second kappa shape index (κ2) is 11.2. The zero-order chi connectivity index (χ0) is 39.3. The molecule has 35 heavy (non-hydrogen) atoms. The van der Waals surface area contributed by atoms with Crippen LogP contribution in [0.1, 0.15) is 114 Å². The van der Waals surface area contributed by atoms with E-state index in [1.807, 2.05) is 0 Å². The molecule has 2 aromatic rings. The van der Waals surface area contributed by atoms with Crippen LogP contribution in [0.15, 0.2) is 41.6 Å². The molecule has 0 aromatic heterocycles. The lowest BCUT2D eigenvalue weighted by Gasteiger charge is -2.31. The zero-order valence-corrected chi connectivity index (χ0v) is 19.5. The molecular formula is C29H37F3N2O. The van der Waals surface area contributed by atoms with Gasteiger partial charge in [-0.25, -0.2) is 0 Å². The van der Waals surface area contributed by atoms with Gasteiger partial charge in [-0.1, -0.05) is 56.0 Å². The van der Waals surface area contributed by atoms with Gasteiger partial charge in [0.05, 0.1) is 14.0 Å². The van der Waals surface area contributed by atoms with Gasteiger partial charge in [-0.2, -0.15) is 13.2 Å². The third-order valence-electron chi connectivity index (χ3n) is 5.60. The molecule has 6 heteroatoms. The van der Waals surface area contributed by atoms with E-state index in [1.165, 1.54) is 13.0 Å². The second-order valence-corrected chi connectivity index (χ2v) is 8.09. The van der Waals surface area contributed by atoms with E-state index in [0.717, 1.165) is 11.0 Å². The minimum absolute atomic E-state index is 0.0696. The van der Waals surface area contributed by atoms with Crippen molar-refractivity contribution >= 4 is 5.71 Å². The summed E-state index contributed by atoms with van der Waals surface area (Å²) in [5.41, 5.74) is -2.05. The van der Waals surface area contributed by atoms with Gasteiger partial charge in [-0.3, -0.25) is 4.90 Å². The number of hydrogen-bond donors (Lipinski definition) is 0. The fourth-order valence-corrected chi connectivity index (χ4v) is 3.65. The molecule has 2 fully saturated rings. The highest BCUT2D eigenvalue weighted by Crippen LogP contribution is 2.42. The summed E-state index contributed by atoms with van der Waals surface area (Å²) in [7, 11) is 0. The van der Waals surface area contributed by atoms with Gasteiger partial charge >= 0.3 is 6.18 Å². The largest absolute Gasteiger partial charge is 0.416 e. The minimum Gasteiger partial charge on any atom is -0.391 e. The van der Waals surface area contributed by atoms with E-state index in [1.54, 1.807) is 19.1 Å². The van der Waals surface area contributed by atoms with Crippen molar-refractivity contribution in [1.82, 2.24) is 4.90 Å². The number of oxime groups is 1. The summed E-state index contributed by atoms with van der Waals surface area (Å²) < 4.78 is 175. The molecule has 1 heterocycles. The van der Waals surface area contributed by atoms with E-state index in [2.05, 4.69) is 5.16 Å². The maximum atomic E-state index is 14.5. The van der Waals surface area contributed by atoms with Gasteiger partial charge < -0.3 is 4.84 Å². The summed E-state index contributed by atoms with van der Waals surface area (Å²) in [4.78, 5) is 5.98. The quantitative estimate of drug-likeness (QED) is 0.273. The number of hydrogen-bond acceptors (Lipinski definition) is 3. The van der Waals surface area contributed by atoms with Gasteiger partial charge in [0, 0.05) is 25.7 Å². The van der Waals surface area contributed by atoms with Crippen LogP contribution in [-0.2, 0) is 30.5 Å². The maximum Gasteiger partial charge on any atom is 0.416 e. The van der Waals surface area contributed by atoms with Crippen LogP contribution in [0.4, 0.5) is 13.2 Å². The Kier molecular flexibility index (Phi) is 3.91. The number of likely N-dealkylation sites (tertiary alicyclic amines) is 1. The standard InChI is InChI=1S/C29H37F3N2O/c1-4-23-17-25(11-12-26(23)18-34-14-5-15-34)21(3)33-35-19-22-8-13-27(28(16-22)29(30,31)32)24-9-6-20(2)7-10-24/h8,11-13,16-17,20,24H,4-7,9-10,14-15,18-19H2,1-3H3/b33-21+/i5D,6D2,7D2,9D2,10D2,14D2,15D2,19D2,20D. The number of rotatable bonds is 8. The summed E-state index contributed by atoms with van der Waals surface area (Å²) in [5.74, 6) is -5.80. The van der Waals surface area contributed by atoms with Crippen LogP contribution in [0.2, 0.25) is 0 Å². The number of halogens is 3. The van der Waals surface area contributed by atoms with Gasteiger partial charge in [-0.05, 0) is 97.2 Å². The molecule has 190 valence electrons. The van der Waals surface area contributed by atoms with Crippen LogP contribution in [-0.4, -0.2) is 23.6 Å². The Balaban J connectivity index is 1.69. The van der Waals surface area contributed by atoms with Crippen LogP contribution in [0.3, 0.4) is 0 Å². The molecular weight excluding hydrogens is 449 g/mol. The first kappa shape index (κ1) is 12.3. The van der Waals surface area contributed by atoms with Crippen molar-refractivity contribution in [2.75, 3.05) is 13.0 Å². The fourth-order valence-electron chi connectivity index (χ4n) is 3.65. The Labute approximate surface area is 229 Å². The van der Waals surface area contributed by atoms with Crippen molar-refractivity contribution in [3.63, 3.8) is 0 Å². The number of alkyl halides is 3. The first-order valence-electron chi connectivity index (χ1n) is 19.1. The summed E-state index contributed by atoms with van der Waals surface area (Å²) in [5, 5.41) is 3.76. The van der Waals surface area contributed by atoms with Crippen molar-refractivity contribution in [3.8, 4) is 0 Å². The van der Waals surface area contributed by atoms with Gasteiger partial charge in [0.2, 0.25) is 0 Å². The third-order valence-corrected chi connectivity index (χ3v) is 5.60. The summed E-state index contributed by atoms with van der Waals surface area (Å²) >= 11 is 0. The Morgan fingerprint density at radius 3 is 2.57 bits per heavy atom. The molecule has 1 aliphatic heterocycles. The van der Waals surface area contributed by atoms with Crippen molar-refractivity contribution < 1.29 is 39.9 Å². The Bertz CT molecular complexity index is 1660. The van der Waals surface area contributed by atoms with E-state index in [9.17, 15) is 13.2 Å². The molecule has 1 aliphatic carbocycles. The van der Waals surface area contributed by atoms with Crippen LogP contribution in [0, 0.1) is 5.89 Å². The molecule has 1 saturated heterocycles. The molecule has 0 unspecified atom stereocenters. The van der Waals surface area contributed by atoms with E-state index in [4.69, 9.17) is 26.8 Å². The second-order valence-electron chi connectivity index (χ2n) is 8.09. The van der Waals surface area contributed by atoms with Gasteiger partial charge in [0.25, 0.3) is 0 Å². The van der Waals surface area contributed by atoms with Gasteiger partial charge in [0.15, 0.2) is 0 Å². The molecule has 0 N–H and O–H groups in total. The molecule has 3 nitrogen and oxygen atoms in total. The normalized spacial score (nSPS) is 40.1. The number of nitrogens with zero attached hydrogens (tertiary/aromatic N) is 2. The molecule has 0 atom stereocenters. The summed E-state index contributed by atoms with van der Waals surface area (Å²) in [6, 6.07) is 6.27. The van der Waals surface area contributed by atoms with Crippen LogP contribution < -0.4 is 0 Å². The minimum atomic E-state index is -5.39. The Morgan fingerprint density at radius 1 is 1.14 bits per heavy atom. The molecule has 4 rings (SSSR count). The summed E-state index contributed by atoms with van der Waals surface area (Å²) in [6.45, 7) is -3.77. The van der Waals surface area contributed by atoms with Crippen LogP contribution in [0.5, 0.6) is 0 Å². The van der Waals surface area contributed by atoms with Crippen LogP contribution >= 0.6 is 0 Å². The van der Waals surface area contributed by atoms with Crippen LogP contribution in [0.25, 0.3) is 0 Å². The lowest BCUT2D eigenvalue weighted by atomic mass is 9.78. The van der Waals surface area contributed by atoms with Crippen molar-refractivity contribution in [3.05, 3.63) is 69.8 Å². The predicted molar refractivity (Wildman–Crippen MR) is 135 cm³/mol. The van der Waals surface area contributed by atoms with Crippen molar-refractivity contribution in [2.45, 2.75) is 84.3 Å². The number of aryl methyl sites for hydroxylation is 1. The Hall–Kier alpha value is -2.34. The maximum absolute atomic E-state index is 14.5. The first-order valence-corrected chi connectivity index (χ1v) is 11.0. The van der Waals surface area contributed by atoms with E-state index < -0.39 is 86.1 Å². The highest BCUT2D eigenvalue weighted by atomic mass is 19.4. The lowest BCUT2D eigenvalue weighted by molar-refractivity contribution is -0.138. The molecule has 2 aromatic carbocycles. The van der Waals surface area contributed by atoms with Crippen molar-refractivity contribution in [2.24, 2.45) is 11.0 Å². The molecule has 1 saturated carbocycles. The lowest BCUT2D eigenvalue weighted by Crippen LogP contribution is -2.36. The zero-order valence-electron chi connectivity index (χ0n) is 35.5. The SMILES string of the molecule is [2H]C1C([2H])([2H])N(Cc2ccc(/C(C)=N/OC([2H])([2H])c3ccc(C4C([2H])([2H])C([2H])([2H])C([2H])(C)C([2H])([2H])C4([2H])[2H])c(C(F)(F)F)c3)cc2CC)C1([2H])[2H]. The fraction of sp³-hybridized carbons (Fsp3) is 0.552. The Morgan fingerprint density at radius 2 is 1.89 bits per heavy atom. The van der Waals surface area contributed by atoms with E-state index in [0.29, 0.717) is 36.1 Å². The summed E-state index contributed by atoms with van der Waals surface area (Å²) in [6.07, 6.45) is -20.7.